The summed E-state index contributed by atoms with van der Waals surface area (Å²) in [4.78, 5) is 42.9. The number of benzene rings is 2. The first-order valence-electron chi connectivity index (χ1n) is 11.9. The van der Waals surface area contributed by atoms with Crippen LogP contribution in [-0.2, 0) is 4.79 Å². The Morgan fingerprint density at radius 1 is 0.912 bits per heavy atom. The van der Waals surface area contributed by atoms with Gasteiger partial charge in [0, 0.05) is 56.2 Å². The van der Waals surface area contributed by atoms with Gasteiger partial charge in [0.2, 0.25) is 5.91 Å². The van der Waals surface area contributed by atoms with Crippen molar-refractivity contribution in [1.82, 2.24) is 15.1 Å². The molecule has 0 unspecified atom stereocenters. The topological polar surface area (TPSA) is 85.0 Å². The molecule has 0 atom stereocenters. The van der Waals surface area contributed by atoms with Crippen molar-refractivity contribution in [3.05, 3.63) is 59.7 Å². The van der Waals surface area contributed by atoms with Gasteiger partial charge in [0.15, 0.2) is 0 Å². The van der Waals surface area contributed by atoms with Crippen LogP contribution in [0.5, 0.6) is 0 Å². The number of carbonyl (C=O) groups excluding carboxylic acids is 3. The average Bonchev–Trinajstić information content (AvgIpc) is 2.84. The maximum Gasteiger partial charge on any atom is 0.317 e. The van der Waals surface area contributed by atoms with E-state index in [4.69, 9.17) is 0 Å². The minimum atomic E-state index is -0.227. The van der Waals surface area contributed by atoms with Gasteiger partial charge in [-0.1, -0.05) is 24.6 Å². The number of carbonyl (C=O) groups is 3. The molecule has 0 bridgehead atoms. The van der Waals surface area contributed by atoms with Crippen LogP contribution in [0.25, 0.3) is 0 Å². The van der Waals surface area contributed by atoms with E-state index >= 15 is 0 Å². The number of rotatable bonds is 8. The van der Waals surface area contributed by atoms with E-state index in [0.29, 0.717) is 31.9 Å². The van der Waals surface area contributed by atoms with Gasteiger partial charge >= 0.3 is 6.03 Å². The Balaban J connectivity index is 1.50. The number of hydrogen-bond donors (Lipinski definition) is 2. The average molecular weight is 466 g/mol. The summed E-state index contributed by atoms with van der Waals surface area (Å²) in [5.74, 6) is -0.155. The highest BCUT2D eigenvalue weighted by Gasteiger charge is 2.22. The van der Waals surface area contributed by atoms with Crippen LogP contribution in [0.2, 0.25) is 0 Å². The highest BCUT2D eigenvalue weighted by Crippen LogP contribution is 2.20. The number of piperazine rings is 1. The molecule has 3 rings (SSSR count). The molecule has 0 saturated carbocycles. The summed E-state index contributed by atoms with van der Waals surface area (Å²) in [5.41, 5.74) is 3.61. The van der Waals surface area contributed by atoms with Gasteiger partial charge in [0.1, 0.15) is 6.54 Å². The van der Waals surface area contributed by atoms with Crippen molar-refractivity contribution in [2.45, 2.75) is 27.2 Å². The molecule has 8 nitrogen and oxygen atoms in total. The first-order valence-corrected chi connectivity index (χ1v) is 11.9. The summed E-state index contributed by atoms with van der Waals surface area (Å²) in [7, 11) is 0. The third-order valence-corrected chi connectivity index (χ3v) is 5.82. The van der Waals surface area contributed by atoms with E-state index < -0.39 is 0 Å². The molecule has 1 aliphatic rings. The Bertz CT molecular complexity index is 967. The first-order chi connectivity index (χ1) is 16.4. The minimum Gasteiger partial charge on any atom is -0.368 e. The molecule has 34 heavy (non-hydrogen) atoms. The number of hydrogen-bond acceptors (Lipinski definition) is 4. The first kappa shape index (κ1) is 25.1. The lowest BCUT2D eigenvalue weighted by molar-refractivity contribution is -0.116. The highest BCUT2D eigenvalue weighted by molar-refractivity contribution is 5.95. The fourth-order valence-electron chi connectivity index (χ4n) is 3.96. The largest absolute Gasteiger partial charge is 0.368 e. The molecule has 0 aliphatic carbocycles. The number of amides is 4. The van der Waals surface area contributed by atoms with Crippen LogP contribution in [0.15, 0.2) is 48.5 Å². The number of aryl methyl sites for hydroxylation is 1. The van der Waals surface area contributed by atoms with Gasteiger partial charge in [-0.25, -0.2) is 4.79 Å². The maximum absolute atomic E-state index is 12.7. The Kier molecular flexibility index (Phi) is 8.90. The normalized spacial score (nSPS) is 13.4. The SMILES string of the molecule is CCCN(CC(=O)Nc1ccc(N2CCN(C(=O)c3ccc(C)cc3)CC2)cc1)C(=O)NCC. The van der Waals surface area contributed by atoms with Crippen LogP contribution < -0.4 is 15.5 Å². The Morgan fingerprint density at radius 2 is 1.56 bits per heavy atom. The number of nitrogens with one attached hydrogen (secondary N) is 2. The summed E-state index contributed by atoms with van der Waals surface area (Å²) in [6.07, 6.45) is 0.781. The van der Waals surface area contributed by atoms with Gasteiger partial charge in [0.25, 0.3) is 5.91 Å². The summed E-state index contributed by atoms with van der Waals surface area (Å²) >= 11 is 0. The van der Waals surface area contributed by atoms with E-state index in [1.165, 1.54) is 4.90 Å². The van der Waals surface area contributed by atoms with Crippen LogP contribution in [0.1, 0.15) is 36.2 Å². The molecule has 1 fully saturated rings. The van der Waals surface area contributed by atoms with Gasteiger partial charge in [-0.15, -0.1) is 0 Å². The molecule has 8 heteroatoms. The molecule has 2 aromatic carbocycles. The molecule has 0 spiro atoms. The van der Waals surface area contributed by atoms with Gasteiger partial charge in [-0.2, -0.15) is 0 Å². The van der Waals surface area contributed by atoms with Crippen molar-refractivity contribution in [3.63, 3.8) is 0 Å². The van der Waals surface area contributed by atoms with Crippen LogP contribution in [-0.4, -0.2) is 73.5 Å². The summed E-state index contributed by atoms with van der Waals surface area (Å²) in [5, 5.41) is 5.61. The van der Waals surface area contributed by atoms with Gasteiger partial charge in [-0.05, 0) is 56.7 Å². The molecule has 0 radical (unpaired) electrons. The zero-order valence-corrected chi connectivity index (χ0v) is 20.3. The standard InChI is InChI=1S/C26H35N5O3/c1-4-14-31(26(34)27-5-2)19-24(32)28-22-10-12-23(13-11-22)29-15-17-30(18-16-29)25(33)21-8-6-20(3)7-9-21/h6-13H,4-5,14-19H2,1-3H3,(H,27,34)(H,28,32). The van der Waals surface area contributed by atoms with Crippen molar-refractivity contribution >= 4 is 29.2 Å². The molecule has 0 aromatic heterocycles. The van der Waals surface area contributed by atoms with E-state index in [-0.39, 0.29) is 24.4 Å². The van der Waals surface area contributed by atoms with Crippen molar-refractivity contribution in [2.75, 3.05) is 56.0 Å². The Morgan fingerprint density at radius 3 is 2.15 bits per heavy atom. The predicted molar refractivity (Wildman–Crippen MR) is 135 cm³/mol. The van der Waals surface area contributed by atoms with Crippen LogP contribution >= 0.6 is 0 Å². The van der Waals surface area contributed by atoms with Crippen LogP contribution in [0, 0.1) is 6.92 Å². The van der Waals surface area contributed by atoms with Crippen LogP contribution in [0.3, 0.4) is 0 Å². The molecule has 4 amide bonds. The van der Waals surface area contributed by atoms with Gasteiger partial charge in [0.05, 0.1) is 0 Å². The summed E-state index contributed by atoms with van der Waals surface area (Å²) < 4.78 is 0. The molecular formula is C26H35N5O3. The number of urea groups is 1. The van der Waals surface area contributed by atoms with E-state index in [2.05, 4.69) is 15.5 Å². The zero-order valence-electron chi connectivity index (χ0n) is 20.3. The third-order valence-electron chi connectivity index (χ3n) is 5.82. The van der Waals surface area contributed by atoms with Crippen LogP contribution in [0.4, 0.5) is 16.2 Å². The number of nitrogens with zero attached hydrogens (tertiary/aromatic N) is 3. The predicted octanol–water partition coefficient (Wildman–Crippen LogP) is 3.34. The second-order valence-electron chi connectivity index (χ2n) is 8.50. The second-order valence-corrected chi connectivity index (χ2v) is 8.50. The van der Waals surface area contributed by atoms with E-state index in [1.807, 2.05) is 74.2 Å². The Hall–Kier alpha value is -3.55. The van der Waals surface area contributed by atoms with Crippen molar-refractivity contribution in [2.24, 2.45) is 0 Å². The molecule has 2 N–H and O–H groups in total. The smallest absolute Gasteiger partial charge is 0.317 e. The second kappa shape index (κ2) is 12.1. The number of anilines is 2. The molecule has 1 aliphatic heterocycles. The lowest BCUT2D eigenvalue weighted by atomic mass is 10.1. The van der Waals surface area contributed by atoms with E-state index in [9.17, 15) is 14.4 Å². The molecule has 2 aromatic rings. The van der Waals surface area contributed by atoms with E-state index in [1.54, 1.807) is 0 Å². The summed E-state index contributed by atoms with van der Waals surface area (Å²) in [6.45, 7) is 9.73. The van der Waals surface area contributed by atoms with Gasteiger partial charge in [-0.3, -0.25) is 9.59 Å². The molecular weight excluding hydrogens is 430 g/mol. The quantitative estimate of drug-likeness (QED) is 0.626. The fourth-order valence-corrected chi connectivity index (χ4v) is 3.96. The Labute approximate surface area is 201 Å². The third kappa shape index (κ3) is 6.73. The highest BCUT2D eigenvalue weighted by atomic mass is 16.2. The summed E-state index contributed by atoms with van der Waals surface area (Å²) in [6, 6.07) is 15.1. The van der Waals surface area contributed by atoms with Crippen molar-refractivity contribution < 1.29 is 14.4 Å². The molecule has 1 saturated heterocycles. The monoisotopic (exact) mass is 465 g/mol. The zero-order chi connectivity index (χ0) is 24.5. The minimum absolute atomic E-state index is 0.0123. The fraction of sp³-hybridized carbons (Fsp3) is 0.423. The molecule has 1 heterocycles. The lowest BCUT2D eigenvalue weighted by Crippen LogP contribution is -2.48. The lowest BCUT2D eigenvalue weighted by Gasteiger charge is -2.36. The van der Waals surface area contributed by atoms with Crippen molar-refractivity contribution in [3.8, 4) is 0 Å². The van der Waals surface area contributed by atoms with E-state index in [0.717, 1.165) is 36.3 Å². The maximum atomic E-state index is 12.7. The molecule has 182 valence electrons. The van der Waals surface area contributed by atoms with Gasteiger partial charge < -0.3 is 25.3 Å². The van der Waals surface area contributed by atoms with Crippen molar-refractivity contribution in [1.29, 1.82) is 0 Å².